The molecule has 2 rings (SSSR count). The molecule has 1 heterocycles. The first kappa shape index (κ1) is 22.4. The number of halogens is 1. The number of carbonyl (C=O) groups excluding carboxylic acids is 2. The van der Waals surface area contributed by atoms with Crippen LogP contribution in [0.3, 0.4) is 0 Å². The molecule has 0 radical (unpaired) electrons. The van der Waals surface area contributed by atoms with Gasteiger partial charge in [-0.3, -0.25) is 14.4 Å². The zero-order chi connectivity index (χ0) is 21.8. The van der Waals surface area contributed by atoms with Crippen LogP contribution in [-0.2, 0) is 27.8 Å². The highest BCUT2D eigenvalue weighted by atomic mass is 32.2. The molecule has 29 heavy (non-hydrogen) atoms. The second kappa shape index (κ2) is 9.10. The van der Waals surface area contributed by atoms with Crippen LogP contribution in [0.25, 0.3) is 0 Å². The second-order valence-corrected chi connectivity index (χ2v) is 8.73. The van der Waals surface area contributed by atoms with E-state index >= 15 is 0 Å². The molecule has 0 spiro atoms. The van der Waals surface area contributed by atoms with Gasteiger partial charge in [-0.2, -0.15) is 0 Å². The minimum atomic E-state index is -3.77. The minimum absolute atomic E-state index is 0.0542. The number of nitrogens with zero attached hydrogens (tertiary/aromatic N) is 2. The van der Waals surface area contributed by atoms with Gasteiger partial charge in [0.15, 0.2) is 5.78 Å². The standard InChI is InChI=1S/C19H22FN3O5S/c1-13(24)21-9-8-14-4-5-15(10-17(14)20)18(25)12-23-11-16(6-7-19(23)26)29(27,28)22(2)3/h4-7,10-11H,8-9,12H2,1-3H3,(H,21,24). The van der Waals surface area contributed by atoms with Crippen molar-refractivity contribution in [2.24, 2.45) is 0 Å². The van der Waals surface area contributed by atoms with Gasteiger partial charge in [-0.25, -0.2) is 17.1 Å². The third-order valence-electron chi connectivity index (χ3n) is 4.19. The zero-order valence-corrected chi connectivity index (χ0v) is 17.1. The molecule has 0 aliphatic carbocycles. The molecule has 0 fully saturated rings. The average molecular weight is 423 g/mol. The van der Waals surface area contributed by atoms with E-state index in [9.17, 15) is 27.2 Å². The SMILES string of the molecule is CC(=O)NCCc1ccc(C(=O)Cn2cc(S(=O)(=O)N(C)C)ccc2=O)cc1F. The number of hydrogen-bond donors (Lipinski definition) is 1. The van der Waals surface area contributed by atoms with Crippen molar-refractivity contribution in [3.8, 4) is 0 Å². The van der Waals surface area contributed by atoms with Crippen molar-refractivity contribution in [1.29, 1.82) is 0 Å². The summed E-state index contributed by atoms with van der Waals surface area (Å²) in [4.78, 5) is 35.2. The maximum atomic E-state index is 14.2. The number of ketones is 1. The van der Waals surface area contributed by atoms with E-state index in [0.29, 0.717) is 5.56 Å². The number of nitrogens with one attached hydrogen (secondary N) is 1. The van der Waals surface area contributed by atoms with Crippen molar-refractivity contribution < 1.29 is 22.4 Å². The predicted molar refractivity (Wildman–Crippen MR) is 105 cm³/mol. The summed E-state index contributed by atoms with van der Waals surface area (Å²) < 4.78 is 40.6. The Morgan fingerprint density at radius 1 is 1.17 bits per heavy atom. The van der Waals surface area contributed by atoms with Crippen LogP contribution in [0.15, 0.2) is 46.2 Å². The fraction of sp³-hybridized carbons (Fsp3) is 0.316. The van der Waals surface area contributed by atoms with Crippen molar-refractivity contribution in [2.75, 3.05) is 20.6 Å². The van der Waals surface area contributed by atoms with Gasteiger partial charge >= 0.3 is 0 Å². The minimum Gasteiger partial charge on any atom is -0.356 e. The molecule has 1 amide bonds. The lowest BCUT2D eigenvalue weighted by Crippen LogP contribution is -2.27. The highest BCUT2D eigenvalue weighted by molar-refractivity contribution is 7.89. The molecule has 1 aromatic carbocycles. The molecule has 1 aromatic heterocycles. The lowest BCUT2D eigenvalue weighted by Gasteiger charge is -2.13. The molecule has 8 nitrogen and oxygen atoms in total. The molecule has 156 valence electrons. The van der Waals surface area contributed by atoms with Crippen LogP contribution < -0.4 is 10.9 Å². The van der Waals surface area contributed by atoms with Gasteiger partial charge in [0, 0.05) is 45.4 Å². The van der Waals surface area contributed by atoms with Gasteiger partial charge < -0.3 is 9.88 Å². The van der Waals surface area contributed by atoms with Crippen LogP contribution in [0.5, 0.6) is 0 Å². The van der Waals surface area contributed by atoms with Crippen LogP contribution in [0.2, 0.25) is 0 Å². The largest absolute Gasteiger partial charge is 0.356 e. The summed E-state index contributed by atoms with van der Waals surface area (Å²) in [5.41, 5.74) is -0.159. The van der Waals surface area contributed by atoms with Crippen molar-refractivity contribution in [3.63, 3.8) is 0 Å². The van der Waals surface area contributed by atoms with E-state index in [0.717, 1.165) is 27.2 Å². The number of pyridine rings is 1. The van der Waals surface area contributed by atoms with Gasteiger partial charge in [-0.1, -0.05) is 12.1 Å². The summed E-state index contributed by atoms with van der Waals surface area (Å²) in [5.74, 6) is -1.36. The molecule has 0 unspecified atom stereocenters. The Balaban J connectivity index is 2.21. The normalized spacial score (nSPS) is 11.5. The summed E-state index contributed by atoms with van der Waals surface area (Å²) in [6.07, 6.45) is 1.36. The van der Waals surface area contributed by atoms with Crippen LogP contribution in [0.4, 0.5) is 4.39 Å². The Kier molecular flexibility index (Phi) is 7.04. The summed E-state index contributed by atoms with van der Waals surface area (Å²) in [5, 5.41) is 2.56. The summed E-state index contributed by atoms with van der Waals surface area (Å²) in [6.45, 7) is 1.20. The number of carbonyl (C=O) groups is 2. The van der Waals surface area contributed by atoms with Gasteiger partial charge in [-0.15, -0.1) is 0 Å². The van der Waals surface area contributed by atoms with Crippen LogP contribution in [0.1, 0.15) is 22.8 Å². The fourth-order valence-corrected chi connectivity index (χ4v) is 3.46. The molecule has 0 aliphatic heterocycles. The molecular formula is C19H22FN3O5S. The first-order chi connectivity index (χ1) is 13.5. The first-order valence-electron chi connectivity index (χ1n) is 8.71. The monoisotopic (exact) mass is 423 g/mol. The highest BCUT2D eigenvalue weighted by Gasteiger charge is 2.19. The van der Waals surface area contributed by atoms with Crippen LogP contribution >= 0.6 is 0 Å². The summed E-state index contributed by atoms with van der Waals surface area (Å²) >= 11 is 0. The fourth-order valence-electron chi connectivity index (χ4n) is 2.54. The predicted octanol–water partition coefficient (Wildman–Crippen LogP) is 0.799. The Morgan fingerprint density at radius 2 is 1.86 bits per heavy atom. The Labute approximate surface area is 168 Å². The van der Waals surface area contributed by atoms with Gasteiger partial charge in [0.25, 0.3) is 5.56 Å². The average Bonchev–Trinajstić information content (AvgIpc) is 2.64. The van der Waals surface area contributed by atoms with E-state index < -0.39 is 33.7 Å². The van der Waals surface area contributed by atoms with E-state index in [1.807, 2.05) is 0 Å². The number of benzene rings is 1. The summed E-state index contributed by atoms with van der Waals surface area (Å²) in [6, 6.07) is 6.18. The number of hydrogen-bond acceptors (Lipinski definition) is 5. The number of Topliss-reactive ketones (excluding diaryl/α,β-unsaturated/α-hetero) is 1. The molecule has 0 bridgehead atoms. The van der Waals surface area contributed by atoms with E-state index in [1.54, 1.807) is 0 Å². The maximum Gasteiger partial charge on any atom is 0.251 e. The molecule has 0 saturated carbocycles. The topological polar surface area (TPSA) is 106 Å². The molecular weight excluding hydrogens is 401 g/mol. The van der Waals surface area contributed by atoms with Crippen molar-refractivity contribution in [2.45, 2.75) is 24.8 Å². The van der Waals surface area contributed by atoms with E-state index in [4.69, 9.17) is 0 Å². The van der Waals surface area contributed by atoms with E-state index in [2.05, 4.69) is 5.32 Å². The highest BCUT2D eigenvalue weighted by Crippen LogP contribution is 2.14. The zero-order valence-electron chi connectivity index (χ0n) is 16.3. The van der Waals surface area contributed by atoms with Gasteiger partial charge in [0.2, 0.25) is 15.9 Å². The Morgan fingerprint density at radius 3 is 2.45 bits per heavy atom. The van der Waals surface area contributed by atoms with E-state index in [-0.39, 0.29) is 29.3 Å². The molecule has 10 heteroatoms. The van der Waals surface area contributed by atoms with Crippen LogP contribution in [-0.4, -0.2) is 49.6 Å². The maximum absolute atomic E-state index is 14.2. The molecule has 2 aromatic rings. The van der Waals surface area contributed by atoms with Crippen molar-refractivity contribution in [3.05, 3.63) is 63.8 Å². The quantitative estimate of drug-likeness (QED) is 0.633. The Hall–Kier alpha value is -2.85. The Bertz CT molecular complexity index is 1090. The van der Waals surface area contributed by atoms with Gasteiger partial charge in [0.05, 0.1) is 11.4 Å². The summed E-state index contributed by atoms with van der Waals surface area (Å²) in [7, 11) is -1.06. The smallest absolute Gasteiger partial charge is 0.251 e. The number of sulfonamides is 1. The lowest BCUT2D eigenvalue weighted by atomic mass is 10.1. The number of amides is 1. The molecule has 0 atom stereocenters. The van der Waals surface area contributed by atoms with Crippen molar-refractivity contribution >= 4 is 21.7 Å². The van der Waals surface area contributed by atoms with Gasteiger partial charge in [-0.05, 0) is 24.1 Å². The molecule has 0 aliphatic rings. The van der Waals surface area contributed by atoms with Crippen molar-refractivity contribution in [1.82, 2.24) is 14.2 Å². The van der Waals surface area contributed by atoms with Crippen LogP contribution in [0, 0.1) is 5.82 Å². The third kappa shape index (κ3) is 5.58. The number of rotatable bonds is 8. The first-order valence-corrected chi connectivity index (χ1v) is 10.2. The van der Waals surface area contributed by atoms with E-state index in [1.165, 1.54) is 39.2 Å². The van der Waals surface area contributed by atoms with Gasteiger partial charge in [0.1, 0.15) is 5.82 Å². The molecule has 0 saturated heterocycles. The second-order valence-electron chi connectivity index (χ2n) is 6.58. The third-order valence-corrected chi connectivity index (χ3v) is 5.99. The molecule has 1 N–H and O–H groups in total. The lowest BCUT2D eigenvalue weighted by molar-refractivity contribution is -0.118. The number of aromatic nitrogens is 1.